The Hall–Kier alpha value is -1.90. The minimum Gasteiger partial charge on any atom is -0.391 e. The molecule has 3 aromatic rings. The monoisotopic (exact) mass is 293 g/mol. The molecule has 0 aliphatic rings. The van der Waals surface area contributed by atoms with E-state index < -0.39 is 6.10 Å². The van der Waals surface area contributed by atoms with Crippen LogP contribution in [0.15, 0.2) is 54.6 Å². The fourth-order valence-corrected chi connectivity index (χ4v) is 3.16. The van der Waals surface area contributed by atoms with Crippen molar-refractivity contribution >= 4 is 21.5 Å². The quantitative estimate of drug-likeness (QED) is 0.678. The van der Waals surface area contributed by atoms with Gasteiger partial charge in [-0.25, -0.2) is 0 Å². The molecule has 22 heavy (non-hydrogen) atoms. The first-order valence-corrected chi connectivity index (χ1v) is 8.06. The lowest BCUT2D eigenvalue weighted by atomic mass is 9.90. The molecule has 3 N–H and O–H groups in total. The summed E-state index contributed by atoms with van der Waals surface area (Å²) >= 11 is 0. The summed E-state index contributed by atoms with van der Waals surface area (Å²) in [6.45, 7) is 2.13. The highest BCUT2D eigenvalue weighted by atomic mass is 16.3. The number of aliphatic hydroxyl groups excluding tert-OH is 1. The molecule has 0 fully saturated rings. The van der Waals surface area contributed by atoms with E-state index in [-0.39, 0.29) is 6.04 Å². The highest BCUT2D eigenvalue weighted by Crippen LogP contribution is 2.32. The molecular formula is C20H23NO. The predicted molar refractivity (Wildman–Crippen MR) is 93.9 cm³/mol. The van der Waals surface area contributed by atoms with E-state index >= 15 is 0 Å². The second-order valence-electron chi connectivity index (χ2n) is 5.97. The van der Waals surface area contributed by atoms with Crippen LogP contribution in [0.1, 0.15) is 37.8 Å². The molecule has 0 spiro atoms. The summed E-state index contributed by atoms with van der Waals surface area (Å²) in [7, 11) is 0. The normalized spacial score (nSPS) is 14.3. The largest absolute Gasteiger partial charge is 0.391 e. The van der Waals surface area contributed by atoms with Gasteiger partial charge < -0.3 is 10.8 Å². The average molecular weight is 293 g/mol. The molecule has 0 heterocycles. The van der Waals surface area contributed by atoms with E-state index in [2.05, 4.69) is 49.4 Å². The summed E-state index contributed by atoms with van der Waals surface area (Å²) in [4.78, 5) is 0. The van der Waals surface area contributed by atoms with Gasteiger partial charge in [0.2, 0.25) is 0 Å². The summed E-state index contributed by atoms with van der Waals surface area (Å²) in [5.41, 5.74) is 7.43. The first kappa shape index (κ1) is 15.0. The molecule has 0 aliphatic carbocycles. The summed E-state index contributed by atoms with van der Waals surface area (Å²) in [6.07, 6.45) is 2.33. The molecular weight excluding hydrogens is 270 g/mol. The van der Waals surface area contributed by atoms with Crippen molar-refractivity contribution in [3.8, 4) is 0 Å². The van der Waals surface area contributed by atoms with Gasteiger partial charge in [-0.2, -0.15) is 0 Å². The first-order chi connectivity index (χ1) is 10.7. The van der Waals surface area contributed by atoms with E-state index in [0.29, 0.717) is 0 Å². The standard InChI is InChI=1S/C20H23NO/c1-2-3-12-19(22)20(21)18-13-14-8-4-5-9-15(14)16-10-6-7-11-17(16)18/h4-11,13,19-20,22H,2-3,12,21H2,1H3/t19-,20+/m0/s1. The van der Waals surface area contributed by atoms with Crippen LogP contribution in [-0.4, -0.2) is 11.2 Å². The van der Waals surface area contributed by atoms with Crippen molar-refractivity contribution in [3.63, 3.8) is 0 Å². The molecule has 0 aliphatic heterocycles. The van der Waals surface area contributed by atoms with Gasteiger partial charge in [-0.15, -0.1) is 0 Å². The third kappa shape index (κ3) is 2.72. The molecule has 2 atom stereocenters. The molecule has 3 aromatic carbocycles. The van der Waals surface area contributed by atoms with Crippen molar-refractivity contribution in [2.45, 2.75) is 38.3 Å². The van der Waals surface area contributed by atoms with Gasteiger partial charge in [0.15, 0.2) is 0 Å². The number of nitrogens with two attached hydrogens (primary N) is 1. The zero-order chi connectivity index (χ0) is 15.5. The Morgan fingerprint density at radius 1 is 0.955 bits per heavy atom. The van der Waals surface area contributed by atoms with Gasteiger partial charge in [0, 0.05) is 0 Å². The molecule has 0 bridgehead atoms. The molecule has 0 saturated heterocycles. The Balaban J connectivity index is 2.15. The lowest BCUT2D eigenvalue weighted by Crippen LogP contribution is -2.26. The van der Waals surface area contributed by atoms with Gasteiger partial charge in [0.1, 0.15) is 0 Å². The van der Waals surface area contributed by atoms with Gasteiger partial charge in [0.05, 0.1) is 12.1 Å². The number of hydrogen-bond acceptors (Lipinski definition) is 2. The van der Waals surface area contributed by atoms with Crippen LogP contribution in [0.2, 0.25) is 0 Å². The van der Waals surface area contributed by atoms with E-state index in [1.807, 2.05) is 12.1 Å². The third-order valence-corrected chi connectivity index (χ3v) is 4.43. The van der Waals surface area contributed by atoms with Crippen LogP contribution in [-0.2, 0) is 0 Å². The van der Waals surface area contributed by atoms with Crippen molar-refractivity contribution < 1.29 is 5.11 Å². The Morgan fingerprint density at radius 3 is 2.32 bits per heavy atom. The minimum absolute atomic E-state index is 0.346. The third-order valence-electron chi connectivity index (χ3n) is 4.43. The first-order valence-electron chi connectivity index (χ1n) is 8.06. The van der Waals surface area contributed by atoms with Crippen molar-refractivity contribution in [2.24, 2.45) is 5.73 Å². The molecule has 3 rings (SSSR count). The number of unbranched alkanes of at least 4 members (excludes halogenated alkanes) is 1. The van der Waals surface area contributed by atoms with Crippen LogP contribution < -0.4 is 5.73 Å². The van der Waals surface area contributed by atoms with Crippen molar-refractivity contribution in [2.75, 3.05) is 0 Å². The molecule has 0 saturated carbocycles. The number of hydrogen-bond donors (Lipinski definition) is 2. The van der Waals surface area contributed by atoms with Gasteiger partial charge >= 0.3 is 0 Å². The second kappa shape index (κ2) is 6.47. The molecule has 0 aromatic heterocycles. The predicted octanol–water partition coefficient (Wildman–Crippen LogP) is 4.54. The SMILES string of the molecule is CCCC[C@H](O)[C@H](N)c1cc2ccccc2c2ccccc12. The number of benzene rings is 3. The second-order valence-corrected chi connectivity index (χ2v) is 5.97. The molecule has 2 nitrogen and oxygen atoms in total. The maximum atomic E-state index is 10.4. The van der Waals surface area contributed by atoms with Crippen LogP contribution in [0.3, 0.4) is 0 Å². The van der Waals surface area contributed by atoms with Crippen molar-refractivity contribution in [1.82, 2.24) is 0 Å². The van der Waals surface area contributed by atoms with Crippen molar-refractivity contribution in [1.29, 1.82) is 0 Å². The summed E-state index contributed by atoms with van der Waals surface area (Å²) < 4.78 is 0. The number of rotatable bonds is 5. The fraction of sp³-hybridized carbons (Fsp3) is 0.300. The Morgan fingerprint density at radius 2 is 1.59 bits per heavy atom. The van der Waals surface area contributed by atoms with Crippen LogP contribution >= 0.6 is 0 Å². The van der Waals surface area contributed by atoms with Gasteiger partial charge in [-0.1, -0.05) is 68.3 Å². The summed E-state index contributed by atoms with van der Waals surface area (Å²) in [6, 6.07) is 18.5. The molecule has 0 unspecified atom stereocenters. The number of aliphatic hydroxyl groups is 1. The number of fused-ring (bicyclic) bond motifs is 3. The van der Waals surface area contributed by atoms with E-state index in [1.165, 1.54) is 16.2 Å². The van der Waals surface area contributed by atoms with E-state index in [0.717, 1.165) is 30.2 Å². The van der Waals surface area contributed by atoms with E-state index in [1.54, 1.807) is 0 Å². The highest BCUT2D eigenvalue weighted by molar-refractivity contribution is 6.09. The van der Waals surface area contributed by atoms with Crippen molar-refractivity contribution in [3.05, 3.63) is 60.2 Å². The fourth-order valence-electron chi connectivity index (χ4n) is 3.16. The Labute approximate surface area is 131 Å². The zero-order valence-electron chi connectivity index (χ0n) is 13.0. The Bertz CT molecular complexity index is 781. The van der Waals surface area contributed by atoms with Gasteiger partial charge in [0.25, 0.3) is 0 Å². The smallest absolute Gasteiger partial charge is 0.0733 e. The summed E-state index contributed by atoms with van der Waals surface area (Å²) in [5, 5.41) is 15.2. The molecule has 2 heteroatoms. The molecule has 0 radical (unpaired) electrons. The minimum atomic E-state index is -0.496. The van der Waals surface area contributed by atoms with Crippen LogP contribution in [0.25, 0.3) is 21.5 Å². The van der Waals surface area contributed by atoms with Gasteiger partial charge in [-0.3, -0.25) is 0 Å². The maximum Gasteiger partial charge on any atom is 0.0733 e. The van der Waals surface area contributed by atoms with Crippen LogP contribution in [0, 0.1) is 0 Å². The van der Waals surface area contributed by atoms with Gasteiger partial charge in [-0.05, 0) is 39.6 Å². The van der Waals surface area contributed by atoms with Crippen LogP contribution in [0.4, 0.5) is 0 Å². The zero-order valence-corrected chi connectivity index (χ0v) is 13.0. The lowest BCUT2D eigenvalue weighted by Gasteiger charge is -2.21. The molecule has 0 amide bonds. The Kier molecular flexibility index (Phi) is 4.41. The molecule has 114 valence electrons. The lowest BCUT2D eigenvalue weighted by molar-refractivity contribution is 0.133. The highest BCUT2D eigenvalue weighted by Gasteiger charge is 2.19. The van der Waals surface area contributed by atoms with Crippen LogP contribution in [0.5, 0.6) is 0 Å². The topological polar surface area (TPSA) is 46.2 Å². The summed E-state index contributed by atoms with van der Waals surface area (Å²) in [5.74, 6) is 0. The van der Waals surface area contributed by atoms with E-state index in [9.17, 15) is 5.11 Å². The van der Waals surface area contributed by atoms with E-state index in [4.69, 9.17) is 5.73 Å². The maximum absolute atomic E-state index is 10.4. The average Bonchev–Trinajstić information content (AvgIpc) is 2.58.